The van der Waals surface area contributed by atoms with Gasteiger partial charge in [0.15, 0.2) is 5.75 Å². The first-order valence-electron chi connectivity index (χ1n) is 3.59. The Bertz CT molecular complexity index is 410. The Labute approximate surface area is 79.0 Å². The molecule has 0 aromatic heterocycles. The van der Waals surface area contributed by atoms with Crippen molar-refractivity contribution in [1.29, 1.82) is 0 Å². The molecule has 0 fully saturated rings. The lowest BCUT2D eigenvalue weighted by Gasteiger charge is -2.00. The van der Waals surface area contributed by atoms with Crippen LogP contribution in [0.3, 0.4) is 0 Å². The molecule has 0 unspecified atom stereocenters. The predicted octanol–water partition coefficient (Wildman–Crippen LogP) is 1.57. The van der Waals surface area contributed by atoms with E-state index in [9.17, 15) is 14.9 Å². The minimum atomic E-state index is -0.608. The number of hydrogen-bond donors (Lipinski definition) is 0. The Morgan fingerprint density at radius 2 is 2.29 bits per heavy atom. The highest BCUT2D eigenvalue weighted by Gasteiger charge is 2.14. The third-order valence-electron chi connectivity index (χ3n) is 1.53. The van der Waals surface area contributed by atoms with E-state index in [-0.39, 0.29) is 17.1 Å². The van der Waals surface area contributed by atoms with Crippen LogP contribution in [0.1, 0.15) is 0 Å². The Hall–Kier alpha value is -2.20. The maximum Gasteiger partial charge on any atom is 0.313 e. The third-order valence-corrected chi connectivity index (χ3v) is 1.53. The van der Waals surface area contributed by atoms with Crippen molar-refractivity contribution in [3.05, 3.63) is 28.3 Å². The molecule has 1 aromatic rings. The summed E-state index contributed by atoms with van der Waals surface area (Å²) >= 11 is 0. The first-order chi connectivity index (χ1) is 6.69. The van der Waals surface area contributed by atoms with E-state index >= 15 is 0 Å². The maximum atomic E-state index is 10.5. The number of ether oxygens (including phenoxy) is 1. The van der Waals surface area contributed by atoms with E-state index in [1.807, 2.05) is 0 Å². The van der Waals surface area contributed by atoms with E-state index in [1.54, 1.807) is 0 Å². The molecule has 0 heterocycles. The van der Waals surface area contributed by atoms with Crippen molar-refractivity contribution in [2.24, 2.45) is 4.99 Å². The molecule has 0 atom stereocenters. The second-order valence-corrected chi connectivity index (χ2v) is 2.32. The van der Waals surface area contributed by atoms with Gasteiger partial charge in [-0.2, -0.15) is 4.99 Å². The van der Waals surface area contributed by atoms with Gasteiger partial charge in [-0.25, -0.2) is 4.79 Å². The Kier molecular flexibility index (Phi) is 2.93. The number of carbonyl (C=O) groups excluding carboxylic acids is 1. The van der Waals surface area contributed by atoms with Crippen LogP contribution in [0.5, 0.6) is 5.75 Å². The smallest absolute Gasteiger partial charge is 0.313 e. The molecule has 14 heavy (non-hydrogen) atoms. The summed E-state index contributed by atoms with van der Waals surface area (Å²) in [5.41, 5.74) is -0.0588. The van der Waals surface area contributed by atoms with Gasteiger partial charge in [0.2, 0.25) is 6.08 Å². The number of nitrogens with zero attached hydrogens (tertiary/aromatic N) is 2. The van der Waals surface area contributed by atoms with Gasteiger partial charge < -0.3 is 4.74 Å². The molecule has 6 heteroatoms. The maximum absolute atomic E-state index is 10.5. The largest absolute Gasteiger partial charge is 0.490 e. The zero-order chi connectivity index (χ0) is 10.6. The van der Waals surface area contributed by atoms with Crippen LogP contribution in [-0.2, 0) is 4.79 Å². The number of isocyanates is 1. The van der Waals surface area contributed by atoms with Gasteiger partial charge in [-0.1, -0.05) is 0 Å². The van der Waals surface area contributed by atoms with Crippen LogP contribution in [0.2, 0.25) is 0 Å². The van der Waals surface area contributed by atoms with Crippen LogP contribution in [-0.4, -0.2) is 18.1 Å². The molecule has 0 saturated heterocycles. The van der Waals surface area contributed by atoms with E-state index in [1.165, 1.54) is 25.3 Å². The first-order valence-corrected chi connectivity index (χ1v) is 3.59. The summed E-state index contributed by atoms with van der Waals surface area (Å²) in [6.45, 7) is 0. The van der Waals surface area contributed by atoms with Crippen molar-refractivity contribution in [2.75, 3.05) is 7.11 Å². The summed E-state index contributed by atoms with van der Waals surface area (Å²) in [5.74, 6) is 0.125. The molecule has 0 amide bonds. The lowest BCUT2D eigenvalue weighted by molar-refractivity contribution is -0.385. The SMILES string of the molecule is COc1ccc(N=C=O)cc1[N+](=O)[O-]. The molecule has 0 radical (unpaired) electrons. The Morgan fingerprint density at radius 1 is 1.57 bits per heavy atom. The van der Waals surface area contributed by atoms with Crippen LogP contribution < -0.4 is 4.74 Å². The predicted molar refractivity (Wildman–Crippen MR) is 47.4 cm³/mol. The highest BCUT2D eigenvalue weighted by Crippen LogP contribution is 2.30. The molecular formula is C8H6N2O4. The number of aliphatic imine (C=N–C) groups is 1. The fraction of sp³-hybridized carbons (Fsp3) is 0.125. The average Bonchev–Trinajstić information content (AvgIpc) is 2.18. The molecule has 0 aliphatic heterocycles. The molecule has 0 spiro atoms. The lowest BCUT2D eigenvalue weighted by atomic mass is 10.2. The fourth-order valence-corrected chi connectivity index (χ4v) is 0.943. The van der Waals surface area contributed by atoms with Crippen molar-refractivity contribution in [1.82, 2.24) is 0 Å². The third kappa shape index (κ3) is 1.94. The molecule has 0 N–H and O–H groups in total. The normalized spacial score (nSPS) is 8.93. The molecule has 1 rings (SSSR count). The van der Waals surface area contributed by atoms with Crippen molar-refractivity contribution >= 4 is 17.5 Å². The van der Waals surface area contributed by atoms with Crippen molar-refractivity contribution < 1.29 is 14.5 Å². The number of methoxy groups -OCH3 is 1. The standard InChI is InChI=1S/C8H6N2O4/c1-14-8-3-2-6(9-5-11)4-7(8)10(12)13/h2-4H,1H3. The molecule has 0 saturated carbocycles. The number of nitro benzene ring substituents is 1. The van der Waals surface area contributed by atoms with E-state index in [0.717, 1.165) is 6.07 Å². The Balaban J connectivity index is 3.27. The zero-order valence-electron chi connectivity index (χ0n) is 7.26. The van der Waals surface area contributed by atoms with Crippen molar-refractivity contribution in [3.8, 4) is 5.75 Å². The monoisotopic (exact) mass is 194 g/mol. The number of rotatable bonds is 3. The Morgan fingerprint density at radius 3 is 2.79 bits per heavy atom. The van der Waals surface area contributed by atoms with Crippen LogP contribution in [0, 0.1) is 10.1 Å². The summed E-state index contributed by atoms with van der Waals surface area (Å²) in [6, 6.07) is 3.94. The van der Waals surface area contributed by atoms with E-state index < -0.39 is 4.92 Å². The molecule has 0 aliphatic carbocycles. The van der Waals surface area contributed by atoms with Gasteiger partial charge in [-0.15, -0.1) is 0 Å². The topological polar surface area (TPSA) is 81.8 Å². The minimum absolute atomic E-state index is 0.125. The summed E-state index contributed by atoms with van der Waals surface area (Å²) < 4.78 is 4.76. The quantitative estimate of drug-likeness (QED) is 0.316. The molecule has 6 nitrogen and oxygen atoms in total. The fourth-order valence-electron chi connectivity index (χ4n) is 0.943. The van der Waals surface area contributed by atoms with E-state index in [4.69, 9.17) is 4.74 Å². The van der Waals surface area contributed by atoms with E-state index in [0.29, 0.717) is 0 Å². The van der Waals surface area contributed by atoms with Crippen LogP contribution in [0.25, 0.3) is 0 Å². The zero-order valence-corrected chi connectivity index (χ0v) is 7.26. The molecule has 0 bridgehead atoms. The van der Waals surface area contributed by atoms with Gasteiger partial charge in [0, 0.05) is 6.07 Å². The highest BCUT2D eigenvalue weighted by atomic mass is 16.6. The van der Waals surface area contributed by atoms with Gasteiger partial charge in [-0.3, -0.25) is 10.1 Å². The number of benzene rings is 1. The van der Waals surface area contributed by atoms with Gasteiger partial charge >= 0.3 is 5.69 Å². The molecular weight excluding hydrogens is 188 g/mol. The van der Waals surface area contributed by atoms with Crippen molar-refractivity contribution in [3.63, 3.8) is 0 Å². The van der Waals surface area contributed by atoms with E-state index in [2.05, 4.69) is 4.99 Å². The first kappa shape index (κ1) is 9.88. The van der Waals surface area contributed by atoms with Crippen molar-refractivity contribution in [2.45, 2.75) is 0 Å². The van der Waals surface area contributed by atoms with Gasteiger partial charge in [0.25, 0.3) is 0 Å². The minimum Gasteiger partial charge on any atom is -0.490 e. The molecule has 1 aromatic carbocycles. The number of hydrogen-bond acceptors (Lipinski definition) is 5. The summed E-state index contributed by atoms with van der Waals surface area (Å²) in [4.78, 5) is 23.1. The summed E-state index contributed by atoms with van der Waals surface area (Å²) in [7, 11) is 1.32. The number of nitro groups is 1. The average molecular weight is 194 g/mol. The van der Waals surface area contributed by atoms with Crippen LogP contribution >= 0.6 is 0 Å². The summed E-state index contributed by atoms with van der Waals surface area (Å²) in [6.07, 6.45) is 1.30. The molecule has 72 valence electrons. The summed E-state index contributed by atoms with van der Waals surface area (Å²) in [5, 5.41) is 10.5. The van der Waals surface area contributed by atoms with Gasteiger partial charge in [0.1, 0.15) is 0 Å². The molecule has 0 aliphatic rings. The lowest BCUT2D eigenvalue weighted by Crippen LogP contribution is -1.92. The van der Waals surface area contributed by atoms with Gasteiger partial charge in [0.05, 0.1) is 17.7 Å². The highest BCUT2D eigenvalue weighted by molar-refractivity contribution is 5.58. The second kappa shape index (κ2) is 4.15. The van der Waals surface area contributed by atoms with Crippen LogP contribution in [0.4, 0.5) is 11.4 Å². The van der Waals surface area contributed by atoms with Crippen LogP contribution in [0.15, 0.2) is 23.2 Å². The second-order valence-electron chi connectivity index (χ2n) is 2.32. The van der Waals surface area contributed by atoms with Gasteiger partial charge in [-0.05, 0) is 12.1 Å².